The number of thioether (sulfide) groups is 1. The molecule has 1 heterocycles. The summed E-state index contributed by atoms with van der Waals surface area (Å²) in [6.45, 7) is 2.05. The fourth-order valence-electron chi connectivity index (χ4n) is 2.47. The van der Waals surface area contributed by atoms with Crippen LogP contribution in [-0.2, 0) is 11.2 Å². The molecular weight excluding hydrogens is 368 g/mol. The molecule has 0 unspecified atom stereocenters. The van der Waals surface area contributed by atoms with Gasteiger partial charge in [0.05, 0.1) is 10.7 Å². The lowest BCUT2D eigenvalue weighted by atomic mass is 10.3. The van der Waals surface area contributed by atoms with E-state index >= 15 is 0 Å². The van der Waals surface area contributed by atoms with E-state index in [1.54, 1.807) is 12.1 Å². The Morgan fingerprint density at radius 1 is 1.12 bits per heavy atom. The number of aryl methyl sites for hydroxylation is 1. The Hall–Kier alpha value is -2.31. The number of hydrogen-bond donors (Lipinski definition) is 1. The van der Waals surface area contributed by atoms with E-state index in [2.05, 4.69) is 22.4 Å². The van der Waals surface area contributed by atoms with Gasteiger partial charge in [-0.15, -0.1) is 10.2 Å². The summed E-state index contributed by atoms with van der Waals surface area (Å²) in [7, 11) is 0. The van der Waals surface area contributed by atoms with Crippen LogP contribution in [0.3, 0.4) is 0 Å². The van der Waals surface area contributed by atoms with E-state index < -0.39 is 0 Å². The Bertz CT molecular complexity index is 882. The van der Waals surface area contributed by atoms with Gasteiger partial charge in [-0.25, -0.2) is 0 Å². The summed E-state index contributed by atoms with van der Waals surface area (Å²) in [5.74, 6) is 1.43. The standard InChI is InChI=1S/C19H19ClN4OS/c1-2-17-22-23-19(24(17)14-8-4-3-5-9-14)26-13-12-18(25)21-16-11-7-6-10-15(16)20/h3-11H,2,12-13H2,1H3,(H,21,25). The van der Waals surface area contributed by atoms with Crippen molar-refractivity contribution in [1.82, 2.24) is 14.8 Å². The number of carbonyl (C=O) groups excluding carboxylic acids is 1. The van der Waals surface area contributed by atoms with Gasteiger partial charge in [0, 0.05) is 24.3 Å². The normalized spacial score (nSPS) is 10.7. The van der Waals surface area contributed by atoms with Gasteiger partial charge in [0.1, 0.15) is 5.82 Å². The maximum Gasteiger partial charge on any atom is 0.225 e. The van der Waals surface area contributed by atoms with Crippen LogP contribution in [0.15, 0.2) is 59.8 Å². The molecule has 26 heavy (non-hydrogen) atoms. The van der Waals surface area contributed by atoms with Gasteiger partial charge in [0.15, 0.2) is 5.16 Å². The molecule has 0 aliphatic heterocycles. The molecule has 0 saturated carbocycles. The molecule has 0 fully saturated rings. The second-order valence-corrected chi connectivity index (χ2v) is 7.02. The van der Waals surface area contributed by atoms with Crippen LogP contribution >= 0.6 is 23.4 Å². The third kappa shape index (κ3) is 4.45. The van der Waals surface area contributed by atoms with Crippen LogP contribution in [0, 0.1) is 0 Å². The number of benzene rings is 2. The van der Waals surface area contributed by atoms with Crippen LogP contribution in [0.5, 0.6) is 0 Å². The summed E-state index contributed by atoms with van der Waals surface area (Å²) < 4.78 is 2.04. The zero-order chi connectivity index (χ0) is 18.4. The monoisotopic (exact) mass is 386 g/mol. The largest absolute Gasteiger partial charge is 0.325 e. The van der Waals surface area contributed by atoms with Gasteiger partial charge in [-0.1, -0.05) is 60.6 Å². The smallest absolute Gasteiger partial charge is 0.225 e. The third-order valence-electron chi connectivity index (χ3n) is 3.74. The maximum atomic E-state index is 12.1. The van der Waals surface area contributed by atoms with E-state index in [9.17, 15) is 4.79 Å². The highest BCUT2D eigenvalue weighted by molar-refractivity contribution is 7.99. The molecule has 1 amide bonds. The van der Waals surface area contributed by atoms with E-state index in [0.717, 1.165) is 23.1 Å². The van der Waals surface area contributed by atoms with Crippen molar-refractivity contribution in [2.24, 2.45) is 0 Å². The van der Waals surface area contributed by atoms with E-state index in [-0.39, 0.29) is 5.91 Å². The van der Waals surface area contributed by atoms with Gasteiger partial charge in [-0.2, -0.15) is 0 Å². The average molecular weight is 387 g/mol. The summed E-state index contributed by atoms with van der Waals surface area (Å²) in [5.41, 5.74) is 1.65. The lowest BCUT2D eigenvalue weighted by Crippen LogP contribution is -2.12. The van der Waals surface area contributed by atoms with Crippen LogP contribution in [0.2, 0.25) is 5.02 Å². The molecule has 0 radical (unpaired) electrons. The molecule has 5 nitrogen and oxygen atoms in total. The quantitative estimate of drug-likeness (QED) is 0.602. The highest BCUT2D eigenvalue weighted by atomic mass is 35.5. The maximum absolute atomic E-state index is 12.1. The molecule has 1 N–H and O–H groups in total. The molecule has 3 rings (SSSR count). The number of rotatable bonds is 7. The lowest BCUT2D eigenvalue weighted by molar-refractivity contribution is -0.115. The highest BCUT2D eigenvalue weighted by Crippen LogP contribution is 2.24. The number of para-hydroxylation sites is 2. The predicted octanol–water partition coefficient (Wildman–Crippen LogP) is 4.60. The van der Waals surface area contributed by atoms with E-state index in [4.69, 9.17) is 11.6 Å². The van der Waals surface area contributed by atoms with Gasteiger partial charge < -0.3 is 5.32 Å². The van der Waals surface area contributed by atoms with Crippen LogP contribution < -0.4 is 5.32 Å². The fraction of sp³-hybridized carbons (Fsp3) is 0.211. The van der Waals surface area contributed by atoms with Gasteiger partial charge in [-0.3, -0.25) is 9.36 Å². The van der Waals surface area contributed by atoms with Crippen molar-refractivity contribution in [1.29, 1.82) is 0 Å². The average Bonchev–Trinajstić information content (AvgIpc) is 3.07. The Labute approximate surface area is 161 Å². The number of carbonyl (C=O) groups is 1. The van der Waals surface area contributed by atoms with E-state index in [1.807, 2.05) is 47.0 Å². The molecule has 3 aromatic rings. The minimum absolute atomic E-state index is 0.0768. The van der Waals surface area contributed by atoms with Gasteiger partial charge in [0.25, 0.3) is 0 Å². The van der Waals surface area contributed by atoms with Crippen molar-refractivity contribution in [3.8, 4) is 5.69 Å². The number of nitrogens with zero attached hydrogens (tertiary/aromatic N) is 3. The Kier molecular flexibility index (Phi) is 6.30. The molecule has 2 aromatic carbocycles. The van der Waals surface area contributed by atoms with Gasteiger partial charge in [-0.05, 0) is 24.3 Å². The molecular formula is C19H19ClN4OS. The summed E-state index contributed by atoms with van der Waals surface area (Å²) >= 11 is 7.58. The highest BCUT2D eigenvalue weighted by Gasteiger charge is 2.14. The number of anilines is 1. The number of aromatic nitrogens is 3. The Balaban J connectivity index is 1.63. The first-order chi connectivity index (χ1) is 12.7. The molecule has 0 aliphatic rings. The molecule has 134 valence electrons. The SMILES string of the molecule is CCc1nnc(SCCC(=O)Nc2ccccc2Cl)n1-c1ccccc1. The van der Waals surface area contributed by atoms with Crippen molar-refractivity contribution >= 4 is 35.0 Å². The van der Waals surface area contributed by atoms with Gasteiger partial charge in [0.2, 0.25) is 5.91 Å². The summed E-state index contributed by atoms with van der Waals surface area (Å²) in [4.78, 5) is 12.1. The summed E-state index contributed by atoms with van der Waals surface area (Å²) in [5, 5.41) is 12.7. The van der Waals surface area contributed by atoms with Crippen molar-refractivity contribution in [3.63, 3.8) is 0 Å². The first-order valence-corrected chi connectivity index (χ1v) is 9.72. The molecule has 0 aliphatic carbocycles. The Morgan fingerprint density at radius 2 is 1.85 bits per heavy atom. The molecule has 1 aromatic heterocycles. The first kappa shape index (κ1) is 18.5. The molecule has 0 spiro atoms. The molecule has 0 atom stereocenters. The van der Waals surface area contributed by atoms with Crippen LogP contribution in [0.1, 0.15) is 19.2 Å². The minimum Gasteiger partial charge on any atom is -0.325 e. The molecule has 0 saturated heterocycles. The van der Waals surface area contributed by atoms with Crippen LogP contribution in [0.25, 0.3) is 5.69 Å². The van der Waals surface area contributed by atoms with Gasteiger partial charge >= 0.3 is 0 Å². The zero-order valence-electron chi connectivity index (χ0n) is 14.4. The second kappa shape index (κ2) is 8.87. The zero-order valence-corrected chi connectivity index (χ0v) is 15.9. The topological polar surface area (TPSA) is 59.8 Å². The van der Waals surface area contributed by atoms with E-state index in [1.165, 1.54) is 11.8 Å². The van der Waals surface area contributed by atoms with Crippen molar-refractivity contribution in [3.05, 3.63) is 65.4 Å². The first-order valence-electron chi connectivity index (χ1n) is 8.36. The van der Waals surface area contributed by atoms with Crippen LogP contribution in [0.4, 0.5) is 5.69 Å². The summed E-state index contributed by atoms with van der Waals surface area (Å²) in [6.07, 6.45) is 1.15. The number of amides is 1. The number of halogens is 1. The molecule has 7 heteroatoms. The third-order valence-corrected chi connectivity index (χ3v) is 5.00. The number of nitrogens with one attached hydrogen (secondary N) is 1. The van der Waals surface area contributed by atoms with Crippen molar-refractivity contribution in [2.75, 3.05) is 11.1 Å². The lowest BCUT2D eigenvalue weighted by Gasteiger charge is -2.09. The van der Waals surface area contributed by atoms with Crippen molar-refractivity contribution < 1.29 is 4.79 Å². The summed E-state index contributed by atoms with van der Waals surface area (Å²) in [6, 6.07) is 17.2. The second-order valence-electron chi connectivity index (χ2n) is 5.55. The van der Waals surface area contributed by atoms with Crippen molar-refractivity contribution in [2.45, 2.75) is 24.9 Å². The number of hydrogen-bond acceptors (Lipinski definition) is 4. The minimum atomic E-state index is -0.0768. The fourth-order valence-corrected chi connectivity index (χ4v) is 3.56. The van der Waals surface area contributed by atoms with E-state index in [0.29, 0.717) is 22.9 Å². The van der Waals surface area contributed by atoms with Crippen LogP contribution in [-0.4, -0.2) is 26.4 Å². The Morgan fingerprint density at radius 3 is 2.58 bits per heavy atom. The molecule has 0 bridgehead atoms. The predicted molar refractivity (Wildman–Crippen MR) is 106 cm³/mol.